The zero-order valence-corrected chi connectivity index (χ0v) is 13.1. The van der Waals surface area contributed by atoms with Crippen LogP contribution in [0.4, 0.5) is 10.1 Å². The predicted octanol–water partition coefficient (Wildman–Crippen LogP) is 4.66. The molecule has 2 nitrogen and oxygen atoms in total. The van der Waals surface area contributed by atoms with Crippen LogP contribution < -0.4 is 5.32 Å². The Labute approximate surface area is 127 Å². The summed E-state index contributed by atoms with van der Waals surface area (Å²) in [7, 11) is 1.67. The molecule has 0 atom stereocenters. The monoisotopic (exact) mass is 337 g/mol. The minimum Gasteiger partial charge on any atom is -0.381 e. The van der Waals surface area contributed by atoms with E-state index in [4.69, 9.17) is 4.74 Å². The largest absolute Gasteiger partial charge is 0.381 e. The van der Waals surface area contributed by atoms with E-state index in [9.17, 15) is 4.39 Å². The first kappa shape index (κ1) is 15.0. The van der Waals surface area contributed by atoms with Gasteiger partial charge in [-0.15, -0.1) is 0 Å². The number of benzene rings is 2. The molecule has 0 saturated heterocycles. The highest BCUT2D eigenvalue weighted by molar-refractivity contribution is 9.10. The molecule has 0 fully saturated rings. The molecule has 0 radical (unpaired) electrons. The van der Waals surface area contributed by atoms with Gasteiger partial charge in [0.15, 0.2) is 0 Å². The Morgan fingerprint density at radius 2 is 2.05 bits per heavy atom. The van der Waals surface area contributed by atoms with Crippen molar-refractivity contribution in [3.05, 3.63) is 63.4 Å². The lowest BCUT2D eigenvalue weighted by molar-refractivity contribution is 0.185. The van der Waals surface area contributed by atoms with Gasteiger partial charge in [0.2, 0.25) is 0 Å². The van der Waals surface area contributed by atoms with Crippen LogP contribution in [0.5, 0.6) is 0 Å². The third-order valence-corrected chi connectivity index (χ3v) is 3.92. The molecule has 4 heteroatoms. The predicted molar refractivity (Wildman–Crippen MR) is 83.3 cm³/mol. The van der Waals surface area contributed by atoms with Gasteiger partial charge in [0.1, 0.15) is 5.82 Å². The van der Waals surface area contributed by atoms with E-state index in [1.807, 2.05) is 31.2 Å². The van der Waals surface area contributed by atoms with Gasteiger partial charge in [0.05, 0.1) is 6.61 Å². The van der Waals surface area contributed by atoms with Gasteiger partial charge in [-0.25, -0.2) is 4.39 Å². The number of methoxy groups -OCH3 is 1. The third-order valence-electron chi connectivity index (χ3n) is 3.18. The van der Waals surface area contributed by atoms with E-state index in [0.717, 1.165) is 26.9 Å². The molecule has 0 aliphatic carbocycles. The zero-order valence-electron chi connectivity index (χ0n) is 11.5. The molecule has 20 heavy (non-hydrogen) atoms. The molecule has 0 unspecified atom stereocenters. The first-order valence-electron chi connectivity index (χ1n) is 6.37. The summed E-state index contributed by atoms with van der Waals surface area (Å²) >= 11 is 3.53. The number of nitrogens with one attached hydrogen (secondary N) is 1. The van der Waals surface area contributed by atoms with Crippen LogP contribution in [0, 0.1) is 12.7 Å². The molecule has 2 aromatic rings. The van der Waals surface area contributed by atoms with E-state index in [2.05, 4.69) is 21.2 Å². The average molecular weight is 338 g/mol. The maximum Gasteiger partial charge on any atom is 0.123 e. The van der Waals surface area contributed by atoms with E-state index in [0.29, 0.717) is 13.2 Å². The van der Waals surface area contributed by atoms with Gasteiger partial charge in [-0.05, 0) is 42.3 Å². The number of hydrogen-bond acceptors (Lipinski definition) is 2. The van der Waals surface area contributed by atoms with Gasteiger partial charge in [-0.2, -0.15) is 0 Å². The SMILES string of the molecule is COCc1c(Br)cccc1NCc1ccc(F)cc1C. The molecule has 106 valence electrons. The molecule has 0 aromatic heterocycles. The summed E-state index contributed by atoms with van der Waals surface area (Å²) in [6.45, 7) is 3.10. The Morgan fingerprint density at radius 3 is 2.75 bits per heavy atom. The minimum atomic E-state index is -0.200. The summed E-state index contributed by atoms with van der Waals surface area (Å²) in [5.41, 5.74) is 4.12. The second-order valence-corrected chi connectivity index (χ2v) is 5.48. The standard InChI is InChI=1S/C16H17BrFNO/c1-11-8-13(18)7-6-12(11)9-19-16-5-3-4-15(17)14(16)10-20-2/h3-8,19H,9-10H2,1-2H3. The first-order chi connectivity index (χ1) is 9.61. The highest BCUT2D eigenvalue weighted by Crippen LogP contribution is 2.26. The van der Waals surface area contributed by atoms with Crippen molar-refractivity contribution in [2.24, 2.45) is 0 Å². The minimum absolute atomic E-state index is 0.200. The summed E-state index contributed by atoms with van der Waals surface area (Å²) in [4.78, 5) is 0. The van der Waals surface area contributed by atoms with Gasteiger partial charge in [0, 0.05) is 29.4 Å². The Bertz CT molecular complexity index is 601. The smallest absolute Gasteiger partial charge is 0.123 e. The number of halogens is 2. The van der Waals surface area contributed by atoms with Gasteiger partial charge < -0.3 is 10.1 Å². The van der Waals surface area contributed by atoms with Crippen molar-refractivity contribution >= 4 is 21.6 Å². The van der Waals surface area contributed by atoms with Crippen molar-refractivity contribution in [1.82, 2.24) is 0 Å². The summed E-state index contributed by atoms with van der Waals surface area (Å²) in [6, 6.07) is 10.8. The van der Waals surface area contributed by atoms with E-state index in [-0.39, 0.29) is 5.82 Å². The summed E-state index contributed by atoms with van der Waals surface area (Å²) < 4.78 is 19.3. The van der Waals surface area contributed by atoms with E-state index >= 15 is 0 Å². The lowest BCUT2D eigenvalue weighted by Crippen LogP contribution is -2.05. The van der Waals surface area contributed by atoms with Crippen molar-refractivity contribution in [1.29, 1.82) is 0 Å². The van der Waals surface area contributed by atoms with Crippen molar-refractivity contribution in [2.75, 3.05) is 12.4 Å². The normalized spacial score (nSPS) is 10.6. The molecule has 0 heterocycles. The molecule has 1 N–H and O–H groups in total. The van der Waals surface area contributed by atoms with Gasteiger partial charge >= 0.3 is 0 Å². The van der Waals surface area contributed by atoms with Crippen molar-refractivity contribution in [3.63, 3.8) is 0 Å². The van der Waals surface area contributed by atoms with Crippen molar-refractivity contribution in [2.45, 2.75) is 20.1 Å². The van der Waals surface area contributed by atoms with Crippen LogP contribution in [0.25, 0.3) is 0 Å². The van der Waals surface area contributed by atoms with Crippen LogP contribution in [-0.2, 0) is 17.9 Å². The number of anilines is 1. The molecule has 0 spiro atoms. The van der Waals surface area contributed by atoms with Crippen LogP contribution in [0.15, 0.2) is 40.9 Å². The maximum atomic E-state index is 13.1. The lowest BCUT2D eigenvalue weighted by atomic mass is 10.1. The number of hydrogen-bond donors (Lipinski definition) is 1. The quantitative estimate of drug-likeness (QED) is 0.856. The van der Waals surface area contributed by atoms with Gasteiger partial charge in [-0.1, -0.05) is 28.1 Å². The number of aryl methyl sites for hydroxylation is 1. The highest BCUT2D eigenvalue weighted by Gasteiger charge is 2.07. The fourth-order valence-electron chi connectivity index (χ4n) is 2.06. The van der Waals surface area contributed by atoms with Crippen molar-refractivity contribution in [3.8, 4) is 0 Å². The van der Waals surface area contributed by atoms with Crippen LogP contribution in [0.2, 0.25) is 0 Å². The fourth-order valence-corrected chi connectivity index (χ4v) is 2.54. The summed E-state index contributed by atoms with van der Waals surface area (Å²) in [6.07, 6.45) is 0. The van der Waals surface area contributed by atoms with Crippen LogP contribution in [0.1, 0.15) is 16.7 Å². The van der Waals surface area contributed by atoms with Crippen molar-refractivity contribution < 1.29 is 9.13 Å². The second kappa shape index (κ2) is 6.86. The molecular formula is C16H17BrFNO. The molecular weight excluding hydrogens is 321 g/mol. The van der Waals surface area contributed by atoms with Gasteiger partial charge in [-0.3, -0.25) is 0 Å². The molecule has 0 aliphatic heterocycles. The Hall–Kier alpha value is -1.39. The summed E-state index contributed by atoms with van der Waals surface area (Å²) in [5.74, 6) is -0.200. The zero-order chi connectivity index (χ0) is 14.5. The molecule has 0 bridgehead atoms. The van der Waals surface area contributed by atoms with E-state index < -0.39 is 0 Å². The first-order valence-corrected chi connectivity index (χ1v) is 7.16. The Morgan fingerprint density at radius 1 is 1.25 bits per heavy atom. The highest BCUT2D eigenvalue weighted by atomic mass is 79.9. The molecule has 0 amide bonds. The Kier molecular flexibility index (Phi) is 5.15. The number of rotatable bonds is 5. The van der Waals surface area contributed by atoms with Crippen LogP contribution in [0.3, 0.4) is 0 Å². The van der Waals surface area contributed by atoms with Crippen LogP contribution in [-0.4, -0.2) is 7.11 Å². The van der Waals surface area contributed by atoms with E-state index in [1.165, 1.54) is 6.07 Å². The topological polar surface area (TPSA) is 21.3 Å². The maximum absolute atomic E-state index is 13.1. The number of ether oxygens (including phenoxy) is 1. The fraction of sp³-hybridized carbons (Fsp3) is 0.250. The van der Waals surface area contributed by atoms with E-state index in [1.54, 1.807) is 13.2 Å². The lowest BCUT2D eigenvalue weighted by Gasteiger charge is -2.14. The second-order valence-electron chi connectivity index (χ2n) is 4.62. The summed E-state index contributed by atoms with van der Waals surface area (Å²) in [5, 5.41) is 3.38. The molecule has 0 saturated carbocycles. The van der Waals surface area contributed by atoms with Gasteiger partial charge in [0.25, 0.3) is 0 Å². The molecule has 2 aromatic carbocycles. The third kappa shape index (κ3) is 3.58. The Balaban J connectivity index is 2.16. The average Bonchev–Trinajstić information content (AvgIpc) is 2.41. The van der Waals surface area contributed by atoms with Crippen LogP contribution >= 0.6 is 15.9 Å². The molecule has 2 rings (SSSR count). The molecule has 0 aliphatic rings.